The molecule has 0 saturated heterocycles. The van der Waals surface area contributed by atoms with Crippen molar-refractivity contribution in [1.29, 1.82) is 0 Å². The monoisotopic (exact) mass is 485 g/mol. The van der Waals surface area contributed by atoms with Gasteiger partial charge in [0.05, 0.1) is 40.8 Å². The molecule has 0 radical (unpaired) electrons. The summed E-state index contributed by atoms with van der Waals surface area (Å²) in [5.41, 5.74) is 3.20. The first-order valence-corrected chi connectivity index (χ1v) is 12.0. The molecule has 0 spiro atoms. The van der Waals surface area contributed by atoms with Gasteiger partial charge in [-0.3, -0.25) is 14.2 Å². The lowest BCUT2D eigenvalue weighted by molar-refractivity contribution is -0.113. The lowest BCUT2D eigenvalue weighted by Gasteiger charge is -2.12. The van der Waals surface area contributed by atoms with Crippen molar-refractivity contribution >= 4 is 34.4 Å². The highest BCUT2D eigenvalue weighted by Gasteiger charge is 2.16. The van der Waals surface area contributed by atoms with Crippen LogP contribution in [0.1, 0.15) is 17.0 Å². The van der Waals surface area contributed by atoms with E-state index in [0.29, 0.717) is 27.6 Å². The number of rotatable bonds is 7. The predicted molar refractivity (Wildman–Crippen MR) is 136 cm³/mol. The number of hydrogen-bond acceptors (Lipinski definition) is 6. The van der Waals surface area contributed by atoms with Crippen molar-refractivity contribution in [3.63, 3.8) is 0 Å². The van der Waals surface area contributed by atoms with Gasteiger partial charge in [-0.2, -0.15) is 5.10 Å². The van der Waals surface area contributed by atoms with Gasteiger partial charge in [0.2, 0.25) is 5.91 Å². The molecule has 5 rings (SSSR count). The number of carbonyl (C=O) groups excluding carboxylic acids is 1. The number of amides is 1. The molecule has 176 valence electrons. The van der Waals surface area contributed by atoms with Crippen LogP contribution >= 0.6 is 11.8 Å². The van der Waals surface area contributed by atoms with Crippen LogP contribution in [-0.4, -0.2) is 31.0 Å². The van der Waals surface area contributed by atoms with Gasteiger partial charge in [0.15, 0.2) is 5.16 Å². The quantitative estimate of drug-likeness (QED) is 0.268. The van der Waals surface area contributed by atoms with E-state index in [1.807, 2.05) is 56.3 Å². The fraction of sp³-hybridized carbons (Fsp3) is 0.154. The van der Waals surface area contributed by atoms with Gasteiger partial charge in [0.1, 0.15) is 11.6 Å². The number of hydrogen-bond donors (Lipinski definition) is 1. The van der Waals surface area contributed by atoms with Crippen LogP contribution in [0, 0.1) is 13.8 Å². The largest absolute Gasteiger partial charge is 0.467 e. The van der Waals surface area contributed by atoms with Crippen molar-refractivity contribution in [1.82, 2.24) is 19.3 Å². The molecule has 0 aliphatic carbocycles. The molecule has 0 aliphatic rings. The fourth-order valence-electron chi connectivity index (χ4n) is 3.74. The van der Waals surface area contributed by atoms with Gasteiger partial charge in [-0.15, -0.1) is 0 Å². The number of aromatic nitrogens is 4. The first-order chi connectivity index (χ1) is 17.0. The summed E-state index contributed by atoms with van der Waals surface area (Å²) in [6, 6.07) is 20.5. The number of anilines is 1. The Labute approximate surface area is 205 Å². The Morgan fingerprint density at radius 3 is 2.63 bits per heavy atom. The minimum atomic E-state index is -0.227. The van der Waals surface area contributed by atoms with E-state index in [-0.39, 0.29) is 23.8 Å². The highest BCUT2D eigenvalue weighted by molar-refractivity contribution is 7.99. The highest BCUT2D eigenvalue weighted by Crippen LogP contribution is 2.21. The van der Waals surface area contributed by atoms with Gasteiger partial charge in [-0.25, -0.2) is 9.67 Å². The first kappa shape index (κ1) is 22.7. The number of carbonyl (C=O) groups is 1. The Morgan fingerprint density at radius 2 is 1.86 bits per heavy atom. The van der Waals surface area contributed by atoms with Crippen molar-refractivity contribution in [3.05, 3.63) is 100 Å². The number of aryl methyl sites for hydroxylation is 2. The van der Waals surface area contributed by atoms with Crippen LogP contribution in [-0.2, 0) is 11.3 Å². The summed E-state index contributed by atoms with van der Waals surface area (Å²) in [7, 11) is 0. The molecule has 1 amide bonds. The SMILES string of the molecule is Cc1ccc(-n2nc(C)cc2NC(=O)CSc2nc3ccccc3c(=O)n2Cc2ccco2)cc1. The minimum absolute atomic E-state index is 0.0705. The maximum Gasteiger partial charge on any atom is 0.262 e. The topological polar surface area (TPSA) is 95.0 Å². The molecule has 0 saturated carbocycles. The summed E-state index contributed by atoms with van der Waals surface area (Å²) < 4.78 is 8.69. The third-order valence-electron chi connectivity index (χ3n) is 5.43. The van der Waals surface area contributed by atoms with E-state index in [0.717, 1.165) is 16.9 Å². The number of para-hydroxylation sites is 1. The van der Waals surface area contributed by atoms with E-state index in [1.165, 1.54) is 11.8 Å². The third kappa shape index (κ3) is 4.90. The summed E-state index contributed by atoms with van der Waals surface area (Å²) in [6.07, 6.45) is 1.56. The van der Waals surface area contributed by atoms with Gasteiger partial charge in [-0.1, -0.05) is 41.6 Å². The molecule has 0 atom stereocenters. The molecule has 0 bridgehead atoms. The molecule has 0 aliphatic heterocycles. The second kappa shape index (κ2) is 9.63. The van der Waals surface area contributed by atoms with Crippen LogP contribution in [0.5, 0.6) is 0 Å². The minimum Gasteiger partial charge on any atom is -0.467 e. The zero-order valence-corrected chi connectivity index (χ0v) is 20.1. The summed E-state index contributed by atoms with van der Waals surface area (Å²) in [5, 5.41) is 8.42. The maximum atomic E-state index is 13.2. The number of fused-ring (bicyclic) bond motifs is 1. The average molecular weight is 486 g/mol. The molecular weight excluding hydrogens is 462 g/mol. The standard InChI is InChI=1S/C26H23N5O3S/c1-17-9-11-19(12-10-17)31-23(14-18(2)29-31)28-24(32)16-35-26-27-22-8-4-3-7-21(22)25(33)30(26)15-20-6-5-13-34-20/h3-14H,15-16H2,1-2H3,(H,28,32). The van der Waals surface area contributed by atoms with E-state index < -0.39 is 0 Å². The van der Waals surface area contributed by atoms with Crippen LogP contribution in [0.3, 0.4) is 0 Å². The summed E-state index contributed by atoms with van der Waals surface area (Å²) >= 11 is 1.20. The van der Waals surface area contributed by atoms with Crippen LogP contribution in [0.25, 0.3) is 16.6 Å². The van der Waals surface area contributed by atoms with Gasteiger partial charge in [0.25, 0.3) is 5.56 Å². The van der Waals surface area contributed by atoms with Crippen molar-refractivity contribution in [2.75, 3.05) is 11.1 Å². The van der Waals surface area contributed by atoms with Gasteiger partial charge in [-0.05, 0) is 50.2 Å². The number of furan rings is 1. The molecule has 35 heavy (non-hydrogen) atoms. The normalized spacial score (nSPS) is 11.1. The Kier molecular flexibility index (Phi) is 6.24. The van der Waals surface area contributed by atoms with E-state index >= 15 is 0 Å². The first-order valence-electron chi connectivity index (χ1n) is 11.1. The molecular formula is C26H23N5O3S. The lowest BCUT2D eigenvalue weighted by atomic mass is 10.2. The summed E-state index contributed by atoms with van der Waals surface area (Å²) in [6.45, 7) is 4.12. The molecule has 9 heteroatoms. The van der Waals surface area contributed by atoms with Crippen LogP contribution in [0.2, 0.25) is 0 Å². The van der Waals surface area contributed by atoms with Gasteiger partial charge < -0.3 is 9.73 Å². The van der Waals surface area contributed by atoms with Gasteiger partial charge >= 0.3 is 0 Å². The molecule has 3 heterocycles. The molecule has 0 unspecified atom stereocenters. The predicted octanol–water partition coefficient (Wildman–Crippen LogP) is 4.57. The zero-order valence-electron chi connectivity index (χ0n) is 19.3. The van der Waals surface area contributed by atoms with E-state index in [4.69, 9.17) is 4.42 Å². The molecule has 0 fully saturated rings. The van der Waals surface area contributed by atoms with E-state index in [2.05, 4.69) is 15.4 Å². The number of nitrogens with one attached hydrogen (secondary N) is 1. The Hall–Kier alpha value is -4.11. The Bertz CT molecular complexity index is 1550. The fourth-order valence-corrected chi connectivity index (χ4v) is 4.53. The van der Waals surface area contributed by atoms with Crippen LogP contribution in [0.15, 0.2) is 87.4 Å². The van der Waals surface area contributed by atoms with Crippen molar-refractivity contribution in [2.24, 2.45) is 0 Å². The zero-order chi connectivity index (χ0) is 24.4. The second-order valence-corrected chi connectivity index (χ2v) is 9.08. The van der Waals surface area contributed by atoms with E-state index in [9.17, 15) is 9.59 Å². The highest BCUT2D eigenvalue weighted by atomic mass is 32.2. The summed E-state index contributed by atoms with van der Waals surface area (Å²) in [4.78, 5) is 30.8. The smallest absolute Gasteiger partial charge is 0.262 e. The number of nitrogens with zero attached hydrogens (tertiary/aromatic N) is 4. The second-order valence-electron chi connectivity index (χ2n) is 8.14. The maximum absolute atomic E-state index is 13.2. The third-order valence-corrected chi connectivity index (χ3v) is 6.41. The van der Waals surface area contributed by atoms with Gasteiger partial charge in [0, 0.05) is 6.07 Å². The van der Waals surface area contributed by atoms with Crippen molar-refractivity contribution < 1.29 is 9.21 Å². The van der Waals surface area contributed by atoms with Crippen molar-refractivity contribution in [2.45, 2.75) is 25.5 Å². The Balaban J connectivity index is 1.38. The lowest BCUT2D eigenvalue weighted by Crippen LogP contribution is -2.25. The van der Waals surface area contributed by atoms with E-state index in [1.54, 1.807) is 39.8 Å². The molecule has 1 N–H and O–H groups in total. The van der Waals surface area contributed by atoms with Crippen LogP contribution < -0.4 is 10.9 Å². The molecule has 5 aromatic rings. The number of thioether (sulfide) groups is 1. The Morgan fingerprint density at radius 1 is 1.06 bits per heavy atom. The summed E-state index contributed by atoms with van der Waals surface area (Å²) in [5.74, 6) is 1.06. The number of benzene rings is 2. The molecule has 2 aromatic carbocycles. The average Bonchev–Trinajstić information content (AvgIpc) is 3.50. The van der Waals surface area contributed by atoms with Crippen LogP contribution in [0.4, 0.5) is 5.82 Å². The molecule has 3 aromatic heterocycles. The van der Waals surface area contributed by atoms with Crippen molar-refractivity contribution in [3.8, 4) is 5.69 Å². The molecule has 8 nitrogen and oxygen atoms in total.